The second kappa shape index (κ2) is 12.4. The van der Waals surface area contributed by atoms with E-state index in [-0.39, 0.29) is 66.9 Å². The van der Waals surface area contributed by atoms with Gasteiger partial charge in [0, 0.05) is 11.5 Å². The van der Waals surface area contributed by atoms with Crippen LogP contribution in [0.15, 0.2) is 29.0 Å². The second-order valence-corrected chi connectivity index (χ2v) is 10.5. The Morgan fingerprint density at radius 2 is 1.71 bits per heavy atom. The molecule has 1 saturated carbocycles. The number of aliphatic hydroxyl groups is 3. The molecule has 14 heteroatoms. The first-order valence-electron chi connectivity index (χ1n) is 12.8. The van der Waals surface area contributed by atoms with E-state index in [1.54, 1.807) is 20.2 Å². The minimum absolute atomic E-state index is 0. The largest absolute Gasteiger partial charge is 0.508 e. The number of aliphatic hydroxyl groups excluding tert-OH is 2. The van der Waals surface area contributed by atoms with Gasteiger partial charge in [-0.05, 0) is 57.6 Å². The maximum absolute atomic E-state index is 13.8. The lowest BCUT2D eigenvalue weighted by molar-refractivity contribution is -0.153. The number of likely N-dealkylation sites (N-methyl/N-ethyl adjacent to an activating group) is 2. The molecule has 3 aliphatic carbocycles. The molecule has 0 heterocycles. The molecule has 41 heavy (non-hydrogen) atoms. The van der Waals surface area contributed by atoms with E-state index in [4.69, 9.17) is 5.73 Å². The van der Waals surface area contributed by atoms with Crippen LogP contribution in [0.5, 0.6) is 5.75 Å². The Labute approximate surface area is 249 Å². The number of ketones is 2. The molecular weight excluding hydrogens is 579 g/mol. The zero-order valence-electron chi connectivity index (χ0n) is 23.1. The summed E-state index contributed by atoms with van der Waals surface area (Å²) >= 11 is 0. The van der Waals surface area contributed by atoms with E-state index in [2.05, 4.69) is 5.32 Å². The van der Waals surface area contributed by atoms with Crippen molar-refractivity contribution in [2.24, 2.45) is 17.6 Å². The van der Waals surface area contributed by atoms with Crippen LogP contribution in [0.1, 0.15) is 31.4 Å². The number of rotatable bonds is 7. The highest BCUT2D eigenvalue weighted by atomic mass is 35.5. The van der Waals surface area contributed by atoms with Crippen LogP contribution in [0.3, 0.4) is 0 Å². The Morgan fingerprint density at radius 1 is 1.10 bits per heavy atom. The summed E-state index contributed by atoms with van der Waals surface area (Å²) < 4.78 is 0. The predicted molar refractivity (Wildman–Crippen MR) is 155 cm³/mol. The fourth-order valence-electron chi connectivity index (χ4n) is 6.16. The minimum atomic E-state index is -2.70. The van der Waals surface area contributed by atoms with Gasteiger partial charge in [-0.1, -0.05) is 19.9 Å². The van der Waals surface area contributed by atoms with Gasteiger partial charge in [0.15, 0.2) is 11.4 Å². The van der Waals surface area contributed by atoms with E-state index >= 15 is 0 Å². The number of hydrogen-bond acceptors (Lipinski definition) is 10. The molecule has 1 aromatic rings. The van der Waals surface area contributed by atoms with Crippen LogP contribution in [0.4, 0.5) is 5.69 Å². The van der Waals surface area contributed by atoms with Gasteiger partial charge in [-0.3, -0.25) is 29.0 Å². The van der Waals surface area contributed by atoms with Crippen molar-refractivity contribution in [1.29, 1.82) is 0 Å². The number of primary amides is 1. The van der Waals surface area contributed by atoms with Crippen molar-refractivity contribution in [3.63, 3.8) is 0 Å². The van der Waals surface area contributed by atoms with E-state index in [1.165, 1.54) is 11.0 Å². The number of hydrogen-bond donors (Lipinski definition) is 6. The summed E-state index contributed by atoms with van der Waals surface area (Å²) in [5, 5.41) is 47.5. The van der Waals surface area contributed by atoms with Gasteiger partial charge >= 0.3 is 0 Å². The molecule has 7 N–H and O–H groups in total. The number of carbonyl (C=O) groups is 4. The summed E-state index contributed by atoms with van der Waals surface area (Å²) in [5.41, 5.74) is 1.98. The lowest BCUT2D eigenvalue weighted by Crippen LogP contribution is -2.65. The first kappa shape index (κ1) is 34.0. The number of aromatic hydroxyl groups is 1. The van der Waals surface area contributed by atoms with Gasteiger partial charge in [0.25, 0.3) is 5.91 Å². The summed E-state index contributed by atoms with van der Waals surface area (Å²) in [6.45, 7) is 5.22. The molecule has 226 valence electrons. The monoisotopic (exact) mass is 614 g/mol. The Bertz CT molecular complexity index is 1340. The Balaban J connectivity index is 0.00000294. The van der Waals surface area contributed by atoms with Crippen LogP contribution in [-0.4, -0.2) is 99.0 Å². The van der Waals surface area contributed by atoms with E-state index in [9.17, 15) is 39.6 Å². The van der Waals surface area contributed by atoms with Crippen LogP contribution in [0.2, 0.25) is 0 Å². The number of phenolic OH excluding ortho intramolecular Hbond substituents is 1. The molecule has 1 fully saturated rings. The van der Waals surface area contributed by atoms with E-state index in [0.29, 0.717) is 18.7 Å². The van der Waals surface area contributed by atoms with Gasteiger partial charge in [0.05, 0.1) is 23.8 Å². The van der Waals surface area contributed by atoms with Crippen molar-refractivity contribution in [2.45, 2.75) is 38.3 Å². The fourth-order valence-corrected chi connectivity index (χ4v) is 6.16. The maximum Gasteiger partial charge on any atom is 0.255 e. The number of Topliss-reactive ketones (excluding diaryl/α,β-unsaturated/α-hetero) is 2. The summed E-state index contributed by atoms with van der Waals surface area (Å²) in [6, 6.07) is 1.99. The fraction of sp³-hybridized carbons (Fsp3) is 0.481. The average Bonchev–Trinajstić information content (AvgIpc) is 2.86. The topological polar surface area (TPSA) is 194 Å². The number of fused-ring (bicyclic) bond motifs is 3. The van der Waals surface area contributed by atoms with Crippen LogP contribution in [0, 0.1) is 11.8 Å². The predicted octanol–water partition coefficient (Wildman–Crippen LogP) is 1.09. The number of nitrogens with two attached hydrogens (primary N) is 1. The third kappa shape index (κ3) is 5.30. The molecule has 2 amide bonds. The van der Waals surface area contributed by atoms with Crippen molar-refractivity contribution in [3.8, 4) is 5.75 Å². The molecule has 12 nitrogen and oxygen atoms in total. The number of nitrogens with zero attached hydrogens (tertiary/aromatic N) is 2. The van der Waals surface area contributed by atoms with Gasteiger partial charge in [0.2, 0.25) is 11.7 Å². The summed E-state index contributed by atoms with van der Waals surface area (Å²) in [5.74, 6) is -7.55. The van der Waals surface area contributed by atoms with Gasteiger partial charge in [-0.25, -0.2) is 0 Å². The molecule has 3 aliphatic rings. The van der Waals surface area contributed by atoms with E-state index < -0.39 is 63.8 Å². The standard InChI is InChI=1S/C27H34N4O8.2ClH/c1-5-31(6-2)11-16(32)29-15-8-7-12-9-13-10-14-20(30(3)4)23(35)19(26(28)38)25(37)27(14,39)24(36)18(13)22(34)17(12)21(15)33;;/h7-8,13-14,20,33-34,37,39H,5-6,9-11H2,1-4H3,(H2,28,38)(H,29,32);2*1H/t13?,14?,20-,27-;;/m0../s1. The summed E-state index contributed by atoms with van der Waals surface area (Å²) in [7, 11) is 3.09. The molecule has 0 bridgehead atoms. The number of anilines is 1. The summed E-state index contributed by atoms with van der Waals surface area (Å²) in [4.78, 5) is 54.9. The van der Waals surface area contributed by atoms with Crippen molar-refractivity contribution in [3.05, 3.63) is 40.2 Å². The number of halogens is 2. The smallest absolute Gasteiger partial charge is 0.255 e. The normalized spacial score (nSPS) is 25.2. The van der Waals surface area contributed by atoms with Gasteiger partial charge < -0.3 is 31.5 Å². The SMILES string of the molecule is CCN(CC)CC(=O)Nc1ccc2c(c1O)C(O)=C1C(=O)[C@]3(O)C(O)=C(C(N)=O)C(=O)[C@@H](N(C)C)C3CC1C2.Cl.Cl. The first-order valence-corrected chi connectivity index (χ1v) is 12.8. The minimum Gasteiger partial charge on any atom is -0.508 e. The number of benzene rings is 1. The van der Waals surface area contributed by atoms with Crippen molar-refractivity contribution < 1.29 is 39.6 Å². The van der Waals surface area contributed by atoms with Crippen molar-refractivity contribution in [1.82, 2.24) is 9.80 Å². The van der Waals surface area contributed by atoms with Gasteiger partial charge in [-0.15, -0.1) is 24.8 Å². The zero-order valence-corrected chi connectivity index (χ0v) is 24.8. The number of nitrogens with one attached hydrogen (secondary N) is 1. The third-order valence-corrected chi connectivity index (χ3v) is 8.13. The number of carbonyl (C=O) groups excluding carboxylic acids is 4. The van der Waals surface area contributed by atoms with E-state index in [1.807, 2.05) is 18.7 Å². The summed E-state index contributed by atoms with van der Waals surface area (Å²) in [6.07, 6.45) is 0.185. The molecule has 0 saturated heterocycles. The molecule has 4 rings (SSSR count). The van der Waals surface area contributed by atoms with E-state index in [0.717, 1.165) is 0 Å². The molecule has 4 atom stereocenters. The van der Waals surface area contributed by atoms with Crippen LogP contribution >= 0.6 is 24.8 Å². The highest BCUT2D eigenvalue weighted by Gasteiger charge is 2.64. The Kier molecular flexibility index (Phi) is 10.3. The first-order chi connectivity index (χ1) is 18.3. The lowest BCUT2D eigenvalue weighted by Gasteiger charge is -2.50. The van der Waals surface area contributed by atoms with Crippen LogP contribution in [0.25, 0.3) is 5.76 Å². The number of amides is 2. The molecule has 0 aliphatic heterocycles. The third-order valence-electron chi connectivity index (χ3n) is 8.13. The molecular formula is C27H36Cl2N4O8. The van der Waals surface area contributed by atoms with Crippen molar-refractivity contribution in [2.75, 3.05) is 39.0 Å². The quantitative estimate of drug-likeness (QED) is 0.191. The zero-order chi connectivity index (χ0) is 29.0. The van der Waals surface area contributed by atoms with Crippen LogP contribution < -0.4 is 11.1 Å². The highest BCUT2D eigenvalue weighted by molar-refractivity contribution is 6.24. The Hall–Kier alpha value is -3.16. The van der Waals surface area contributed by atoms with Gasteiger partial charge in [0.1, 0.15) is 22.8 Å². The number of phenols is 1. The van der Waals surface area contributed by atoms with Crippen LogP contribution in [-0.2, 0) is 25.6 Å². The van der Waals surface area contributed by atoms with Gasteiger partial charge in [-0.2, -0.15) is 0 Å². The molecule has 0 radical (unpaired) electrons. The second-order valence-electron chi connectivity index (χ2n) is 10.5. The average molecular weight is 616 g/mol. The Morgan fingerprint density at radius 3 is 2.24 bits per heavy atom. The maximum atomic E-state index is 13.8. The molecule has 0 aromatic heterocycles. The lowest BCUT2D eigenvalue weighted by atomic mass is 9.57. The molecule has 2 unspecified atom stereocenters. The van der Waals surface area contributed by atoms with Crippen molar-refractivity contribution >= 4 is 59.6 Å². The molecule has 1 aromatic carbocycles. The highest BCUT2D eigenvalue weighted by Crippen LogP contribution is 2.53. The molecule has 0 spiro atoms.